The van der Waals surface area contributed by atoms with E-state index in [1.807, 2.05) is 24.3 Å². The van der Waals surface area contributed by atoms with E-state index in [4.69, 9.17) is 27.9 Å². The van der Waals surface area contributed by atoms with E-state index in [2.05, 4.69) is 15.5 Å². The molecule has 2 aromatic rings. The Kier molecular flexibility index (Phi) is 3.79. The Labute approximate surface area is 130 Å². The van der Waals surface area contributed by atoms with E-state index in [0.29, 0.717) is 5.92 Å². The second kappa shape index (κ2) is 5.42. The molecule has 5 nitrogen and oxygen atoms in total. The van der Waals surface area contributed by atoms with Gasteiger partial charge in [-0.15, -0.1) is 28.3 Å². The standard InChI is InChI=1S/C12H12Cl2N4OS/c1-19-10-4-2-9(3-5-10)18-11(15-16-17-18)20-7-8-6-12(8,13)14/h2-5,8H,6-7H2,1H3/t8-/m1/s1. The van der Waals surface area contributed by atoms with E-state index in [0.717, 1.165) is 28.8 Å². The van der Waals surface area contributed by atoms with Crippen LogP contribution in [0, 0.1) is 5.92 Å². The molecule has 0 unspecified atom stereocenters. The Hall–Kier alpha value is -0.980. The average molecular weight is 331 g/mol. The van der Waals surface area contributed by atoms with Gasteiger partial charge in [-0.3, -0.25) is 0 Å². The Bertz CT molecular complexity index is 602. The van der Waals surface area contributed by atoms with Crippen molar-refractivity contribution in [3.05, 3.63) is 24.3 Å². The third-order valence-electron chi connectivity index (χ3n) is 3.13. The molecule has 1 heterocycles. The molecule has 0 saturated heterocycles. The summed E-state index contributed by atoms with van der Waals surface area (Å²) >= 11 is 13.6. The highest BCUT2D eigenvalue weighted by molar-refractivity contribution is 7.99. The van der Waals surface area contributed by atoms with Crippen LogP contribution < -0.4 is 4.74 Å². The quantitative estimate of drug-likeness (QED) is 0.623. The van der Waals surface area contributed by atoms with Crippen LogP contribution in [0.15, 0.2) is 29.4 Å². The number of tetrazole rings is 1. The summed E-state index contributed by atoms with van der Waals surface area (Å²) in [5.74, 6) is 1.91. The van der Waals surface area contributed by atoms with Crippen molar-refractivity contribution < 1.29 is 4.74 Å². The zero-order valence-electron chi connectivity index (χ0n) is 10.7. The van der Waals surface area contributed by atoms with Gasteiger partial charge in [0, 0.05) is 11.7 Å². The maximum atomic E-state index is 6.02. The number of aromatic nitrogens is 4. The molecule has 3 rings (SSSR count). The molecule has 0 bridgehead atoms. The number of halogens is 2. The first-order valence-electron chi connectivity index (χ1n) is 6.03. The number of alkyl halides is 2. The van der Waals surface area contributed by atoms with Crippen molar-refractivity contribution in [1.29, 1.82) is 0 Å². The average Bonchev–Trinajstić information content (AvgIpc) is 2.87. The van der Waals surface area contributed by atoms with Crippen LogP contribution in [-0.4, -0.2) is 37.4 Å². The van der Waals surface area contributed by atoms with E-state index >= 15 is 0 Å². The second-order valence-electron chi connectivity index (χ2n) is 4.54. The lowest BCUT2D eigenvalue weighted by Gasteiger charge is -2.05. The number of hydrogen-bond acceptors (Lipinski definition) is 5. The number of benzene rings is 1. The Balaban J connectivity index is 1.72. The molecule has 1 aromatic heterocycles. The summed E-state index contributed by atoms with van der Waals surface area (Å²) < 4.78 is 6.26. The Morgan fingerprint density at radius 2 is 2.10 bits per heavy atom. The lowest BCUT2D eigenvalue weighted by atomic mass is 10.3. The van der Waals surface area contributed by atoms with Crippen molar-refractivity contribution in [2.24, 2.45) is 5.92 Å². The van der Waals surface area contributed by atoms with Gasteiger partial charge in [0.2, 0.25) is 5.16 Å². The van der Waals surface area contributed by atoms with E-state index in [1.54, 1.807) is 23.6 Å². The van der Waals surface area contributed by atoms with Crippen molar-refractivity contribution in [2.45, 2.75) is 15.9 Å². The summed E-state index contributed by atoms with van der Waals surface area (Å²) in [6.45, 7) is 0. The van der Waals surface area contributed by atoms with Gasteiger partial charge in [0.05, 0.1) is 12.8 Å². The number of rotatable bonds is 5. The van der Waals surface area contributed by atoms with Crippen molar-refractivity contribution in [3.63, 3.8) is 0 Å². The highest BCUT2D eigenvalue weighted by atomic mass is 35.5. The van der Waals surface area contributed by atoms with Crippen LogP contribution in [0.3, 0.4) is 0 Å². The van der Waals surface area contributed by atoms with Crippen molar-refractivity contribution in [3.8, 4) is 11.4 Å². The van der Waals surface area contributed by atoms with Crippen molar-refractivity contribution >= 4 is 35.0 Å². The monoisotopic (exact) mass is 330 g/mol. The number of ether oxygens (including phenoxy) is 1. The van der Waals surface area contributed by atoms with Crippen molar-refractivity contribution in [1.82, 2.24) is 20.2 Å². The third kappa shape index (κ3) is 2.87. The molecule has 1 atom stereocenters. The summed E-state index contributed by atoms with van der Waals surface area (Å²) in [5.41, 5.74) is 0.886. The van der Waals surface area contributed by atoms with Crippen LogP contribution in [0.5, 0.6) is 5.75 Å². The molecule has 20 heavy (non-hydrogen) atoms. The minimum atomic E-state index is -0.564. The highest BCUT2D eigenvalue weighted by Gasteiger charge is 2.51. The van der Waals surface area contributed by atoms with Crippen LogP contribution >= 0.6 is 35.0 Å². The molecule has 0 aliphatic heterocycles. The van der Waals surface area contributed by atoms with E-state index in [-0.39, 0.29) is 0 Å². The minimum Gasteiger partial charge on any atom is -0.497 e. The molecule has 1 fully saturated rings. The normalized spacial score (nSPS) is 19.9. The van der Waals surface area contributed by atoms with E-state index < -0.39 is 4.33 Å². The SMILES string of the molecule is COc1ccc(-n2nnnc2SC[C@H]2CC2(Cl)Cl)cc1. The first-order chi connectivity index (χ1) is 9.60. The van der Waals surface area contributed by atoms with Crippen LogP contribution in [-0.2, 0) is 0 Å². The van der Waals surface area contributed by atoms with Gasteiger partial charge in [0.15, 0.2) is 0 Å². The lowest BCUT2D eigenvalue weighted by molar-refractivity contribution is 0.414. The molecule has 8 heteroatoms. The second-order valence-corrected chi connectivity index (χ2v) is 7.07. The molecule has 0 spiro atoms. The van der Waals surface area contributed by atoms with Crippen LogP contribution in [0.25, 0.3) is 5.69 Å². The topological polar surface area (TPSA) is 52.8 Å². The van der Waals surface area contributed by atoms with Gasteiger partial charge in [0.1, 0.15) is 10.1 Å². The summed E-state index contributed by atoms with van der Waals surface area (Å²) in [4.78, 5) is 0. The van der Waals surface area contributed by atoms with Crippen LogP contribution in [0.2, 0.25) is 0 Å². The number of methoxy groups -OCH3 is 1. The molecule has 1 saturated carbocycles. The first-order valence-corrected chi connectivity index (χ1v) is 7.78. The molecule has 0 N–H and O–H groups in total. The van der Waals surface area contributed by atoms with Gasteiger partial charge >= 0.3 is 0 Å². The molecular formula is C12H12Cl2N4OS. The fourth-order valence-corrected chi connectivity index (χ4v) is 3.60. The smallest absolute Gasteiger partial charge is 0.214 e. The molecule has 1 aliphatic carbocycles. The first kappa shape index (κ1) is 14.0. The summed E-state index contributed by atoms with van der Waals surface area (Å²) in [7, 11) is 1.63. The number of nitrogens with zero attached hydrogens (tertiary/aromatic N) is 4. The third-order valence-corrected chi connectivity index (χ3v) is 5.13. The fraction of sp³-hybridized carbons (Fsp3) is 0.417. The summed E-state index contributed by atoms with van der Waals surface area (Å²) in [5, 5.41) is 12.5. The molecule has 1 aromatic carbocycles. The maximum absolute atomic E-state index is 6.02. The lowest BCUT2D eigenvalue weighted by Crippen LogP contribution is -2.00. The van der Waals surface area contributed by atoms with Crippen molar-refractivity contribution in [2.75, 3.05) is 12.9 Å². The largest absolute Gasteiger partial charge is 0.497 e. The number of thioether (sulfide) groups is 1. The van der Waals surface area contributed by atoms with Gasteiger partial charge < -0.3 is 4.74 Å². The van der Waals surface area contributed by atoms with Gasteiger partial charge in [-0.05, 0) is 41.1 Å². The molecule has 0 amide bonds. The van der Waals surface area contributed by atoms with Crippen LogP contribution in [0.4, 0.5) is 0 Å². The summed E-state index contributed by atoms with van der Waals surface area (Å²) in [6, 6.07) is 7.55. The molecule has 1 aliphatic rings. The molecular weight excluding hydrogens is 319 g/mol. The van der Waals surface area contributed by atoms with Gasteiger partial charge in [-0.25, -0.2) is 0 Å². The minimum absolute atomic E-state index is 0.303. The Morgan fingerprint density at radius 3 is 2.70 bits per heavy atom. The summed E-state index contributed by atoms with van der Waals surface area (Å²) in [6.07, 6.45) is 0.827. The van der Waals surface area contributed by atoms with Gasteiger partial charge in [0.25, 0.3) is 0 Å². The predicted octanol–water partition coefficient (Wildman–Crippen LogP) is 2.96. The highest BCUT2D eigenvalue weighted by Crippen LogP contribution is 2.54. The predicted molar refractivity (Wildman–Crippen MR) is 79.0 cm³/mol. The molecule has 0 radical (unpaired) electrons. The van der Waals surface area contributed by atoms with Gasteiger partial charge in [-0.1, -0.05) is 11.8 Å². The zero-order valence-corrected chi connectivity index (χ0v) is 13.0. The zero-order chi connectivity index (χ0) is 14.2. The fourth-order valence-electron chi connectivity index (χ4n) is 1.78. The van der Waals surface area contributed by atoms with E-state index in [1.165, 1.54) is 0 Å². The Morgan fingerprint density at radius 1 is 1.40 bits per heavy atom. The van der Waals surface area contributed by atoms with E-state index in [9.17, 15) is 0 Å². The maximum Gasteiger partial charge on any atom is 0.214 e. The van der Waals surface area contributed by atoms with Crippen LogP contribution in [0.1, 0.15) is 6.42 Å². The molecule has 106 valence electrons. The number of hydrogen-bond donors (Lipinski definition) is 0. The van der Waals surface area contributed by atoms with Gasteiger partial charge in [-0.2, -0.15) is 4.68 Å².